The summed E-state index contributed by atoms with van der Waals surface area (Å²) in [7, 11) is 0. The van der Waals surface area contributed by atoms with Crippen LogP contribution in [0.4, 0.5) is 0 Å². The summed E-state index contributed by atoms with van der Waals surface area (Å²) in [6, 6.07) is 10.4. The predicted molar refractivity (Wildman–Crippen MR) is 88.7 cm³/mol. The summed E-state index contributed by atoms with van der Waals surface area (Å²) in [5.74, 6) is 0.902. The van der Waals surface area contributed by atoms with Crippen LogP contribution in [0.15, 0.2) is 36.5 Å². The van der Waals surface area contributed by atoms with Gasteiger partial charge in [-0.25, -0.2) is 9.97 Å². The Labute approximate surface area is 128 Å². The van der Waals surface area contributed by atoms with E-state index in [9.17, 15) is 0 Å². The van der Waals surface area contributed by atoms with Crippen molar-refractivity contribution in [1.29, 1.82) is 0 Å². The molecule has 0 aliphatic heterocycles. The molecule has 0 spiro atoms. The zero-order valence-electron chi connectivity index (χ0n) is 14.1. The largest absolute Gasteiger partial charge is 0.241 e. The van der Waals surface area contributed by atoms with Crippen LogP contribution in [-0.2, 0) is 17.3 Å². The molecule has 1 heterocycles. The van der Waals surface area contributed by atoms with E-state index < -0.39 is 0 Å². The summed E-state index contributed by atoms with van der Waals surface area (Å²) in [5, 5.41) is 0. The summed E-state index contributed by atoms with van der Waals surface area (Å²) in [6.07, 6.45) is 2.81. The minimum atomic E-state index is 0.0248. The van der Waals surface area contributed by atoms with Gasteiger partial charge in [0.15, 0.2) is 0 Å². The monoisotopic (exact) mass is 282 g/mol. The molecule has 2 nitrogen and oxygen atoms in total. The maximum Gasteiger partial charge on any atom is 0.132 e. The number of rotatable bonds is 2. The molecular formula is C19H26N2. The van der Waals surface area contributed by atoms with Crippen LogP contribution in [0.25, 0.3) is 0 Å². The number of benzene rings is 1. The second-order valence-corrected chi connectivity index (χ2v) is 7.71. The van der Waals surface area contributed by atoms with Crippen LogP contribution in [0, 0.1) is 0 Å². The summed E-state index contributed by atoms with van der Waals surface area (Å²) < 4.78 is 0. The van der Waals surface area contributed by atoms with Gasteiger partial charge in [0, 0.05) is 18.0 Å². The standard InChI is InChI=1S/C19H26N2/c1-18(2,3)15-13-20-16(21-17(15)19(4,5)6)12-14-10-8-7-9-11-14/h7-11,13H,12H2,1-6H3. The van der Waals surface area contributed by atoms with E-state index >= 15 is 0 Å². The Bertz CT molecular complexity index is 602. The van der Waals surface area contributed by atoms with Gasteiger partial charge in [0.2, 0.25) is 0 Å². The molecule has 0 fully saturated rings. The van der Waals surface area contributed by atoms with Crippen LogP contribution < -0.4 is 0 Å². The Morgan fingerprint density at radius 3 is 2.00 bits per heavy atom. The predicted octanol–water partition coefficient (Wildman–Crippen LogP) is 4.66. The van der Waals surface area contributed by atoms with Gasteiger partial charge in [-0.3, -0.25) is 0 Å². The molecular weight excluding hydrogens is 256 g/mol. The van der Waals surface area contributed by atoms with Crippen LogP contribution in [0.2, 0.25) is 0 Å². The normalized spacial score (nSPS) is 12.5. The quantitative estimate of drug-likeness (QED) is 0.800. The number of hydrogen-bond acceptors (Lipinski definition) is 2. The lowest BCUT2D eigenvalue weighted by molar-refractivity contribution is 0.507. The maximum absolute atomic E-state index is 4.89. The van der Waals surface area contributed by atoms with E-state index in [0.717, 1.165) is 17.9 Å². The third kappa shape index (κ3) is 3.90. The molecule has 0 aliphatic carbocycles. The highest BCUT2D eigenvalue weighted by atomic mass is 14.9. The minimum absolute atomic E-state index is 0.0248. The van der Waals surface area contributed by atoms with Crippen LogP contribution >= 0.6 is 0 Å². The molecule has 2 rings (SSSR count). The molecule has 0 aliphatic rings. The van der Waals surface area contributed by atoms with E-state index in [0.29, 0.717) is 0 Å². The first-order chi connectivity index (χ1) is 9.68. The molecule has 1 aromatic carbocycles. The Balaban J connectivity index is 2.43. The van der Waals surface area contributed by atoms with Gasteiger partial charge in [0.1, 0.15) is 5.82 Å². The van der Waals surface area contributed by atoms with Gasteiger partial charge < -0.3 is 0 Å². The van der Waals surface area contributed by atoms with Crippen LogP contribution in [0.1, 0.15) is 64.2 Å². The summed E-state index contributed by atoms with van der Waals surface area (Å²) in [4.78, 5) is 9.50. The third-order valence-electron chi connectivity index (χ3n) is 3.56. The topological polar surface area (TPSA) is 25.8 Å². The van der Waals surface area contributed by atoms with Crippen molar-refractivity contribution in [2.45, 2.75) is 58.8 Å². The Morgan fingerprint density at radius 2 is 1.48 bits per heavy atom. The Hall–Kier alpha value is -1.70. The lowest BCUT2D eigenvalue weighted by Gasteiger charge is -2.28. The maximum atomic E-state index is 4.89. The summed E-state index contributed by atoms with van der Waals surface area (Å²) in [5.41, 5.74) is 3.74. The average molecular weight is 282 g/mol. The molecule has 2 heteroatoms. The molecule has 21 heavy (non-hydrogen) atoms. The van der Waals surface area contributed by atoms with Crippen LogP contribution in [0.3, 0.4) is 0 Å². The zero-order chi connectivity index (χ0) is 15.7. The van der Waals surface area contributed by atoms with Gasteiger partial charge in [0.25, 0.3) is 0 Å². The molecule has 0 saturated heterocycles. The van der Waals surface area contributed by atoms with Crippen molar-refractivity contribution in [3.63, 3.8) is 0 Å². The number of nitrogens with zero attached hydrogens (tertiary/aromatic N) is 2. The molecule has 0 unspecified atom stereocenters. The van der Waals surface area contributed by atoms with Crippen molar-refractivity contribution in [1.82, 2.24) is 9.97 Å². The first-order valence-corrected chi connectivity index (χ1v) is 7.59. The van der Waals surface area contributed by atoms with Gasteiger partial charge in [-0.1, -0.05) is 71.9 Å². The molecule has 1 aromatic heterocycles. The highest BCUT2D eigenvalue weighted by Gasteiger charge is 2.27. The second-order valence-electron chi connectivity index (χ2n) is 7.71. The molecule has 0 bridgehead atoms. The van der Waals surface area contributed by atoms with E-state index in [-0.39, 0.29) is 10.8 Å². The summed E-state index contributed by atoms with van der Waals surface area (Å²) >= 11 is 0. The highest BCUT2D eigenvalue weighted by Crippen LogP contribution is 2.32. The van der Waals surface area contributed by atoms with Crippen LogP contribution in [-0.4, -0.2) is 9.97 Å². The Morgan fingerprint density at radius 1 is 0.857 bits per heavy atom. The minimum Gasteiger partial charge on any atom is -0.241 e. The smallest absolute Gasteiger partial charge is 0.132 e. The van der Waals surface area contributed by atoms with Gasteiger partial charge in [-0.2, -0.15) is 0 Å². The van der Waals surface area contributed by atoms with Gasteiger partial charge >= 0.3 is 0 Å². The fourth-order valence-corrected chi connectivity index (χ4v) is 2.40. The molecule has 112 valence electrons. The molecule has 0 amide bonds. The van der Waals surface area contributed by atoms with E-state index in [4.69, 9.17) is 4.98 Å². The number of hydrogen-bond donors (Lipinski definition) is 0. The fourth-order valence-electron chi connectivity index (χ4n) is 2.40. The second kappa shape index (κ2) is 5.59. The van der Waals surface area contributed by atoms with Crippen molar-refractivity contribution in [2.24, 2.45) is 0 Å². The lowest BCUT2D eigenvalue weighted by atomic mass is 9.79. The Kier molecular flexibility index (Phi) is 4.18. The van der Waals surface area contributed by atoms with E-state index in [1.165, 1.54) is 11.1 Å². The van der Waals surface area contributed by atoms with Crippen LogP contribution in [0.5, 0.6) is 0 Å². The first kappa shape index (κ1) is 15.7. The van der Waals surface area contributed by atoms with E-state index in [2.05, 4.69) is 70.8 Å². The van der Waals surface area contributed by atoms with E-state index in [1.807, 2.05) is 12.3 Å². The van der Waals surface area contributed by atoms with Crippen molar-refractivity contribution in [2.75, 3.05) is 0 Å². The van der Waals surface area contributed by atoms with Crippen molar-refractivity contribution >= 4 is 0 Å². The first-order valence-electron chi connectivity index (χ1n) is 7.59. The van der Waals surface area contributed by atoms with Crippen molar-refractivity contribution in [3.05, 3.63) is 59.2 Å². The molecule has 0 N–H and O–H groups in total. The number of aromatic nitrogens is 2. The van der Waals surface area contributed by atoms with Gasteiger partial charge in [0.05, 0.1) is 5.69 Å². The molecule has 0 atom stereocenters. The third-order valence-corrected chi connectivity index (χ3v) is 3.56. The van der Waals surface area contributed by atoms with Gasteiger partial charge in [-0.05, 0) is 16.5 Å². The lowest BCUT2D eigenvalue weighted by Crippen LogP contribution is -2.25. The van der Waals surface area contributed by atoms with Gasteiger partial charge in [-0.15, -0.1) is 0 Å². The van der Waals surface area contributed by atoms with E-state index in [1.54, 1.807) is 0 Å². The fraction of sp³-hybridized carbons (Fsp3) is 0.474. The molecule has 0 saturated carbocycles. The summed E-state index contributed by atoms with van der Waals surface area (Å²) in [6.45, 7) is 13.3. The molecule has 2 aromatic rings. The van der Waals surface area contributed by atoms with Crippen molar-refractivity contribution in [3.8, 4) is 0 Å². The van der Waals surface area contributed by atoms with Crippen molar-refractivity contribution < 1.29 is 0 Å². The zero-order valence-corrected chi connectivity index (χ0v) is 14.1. The SMILES string of the molecule is CC(C)(C)c1cnc(Cc2ccccc2)nc1C(C)(C)C. The average Bonchev–Trinajstić information content (AvgIpc) is 2.37. The highest BCUT2D eigenvalue weighted by molar-refractivity contribution is 5.31. The molecule has 0 radical (unpaired) electrons.